The standard InChI is InChI=1S/C29H43NO5/c1-3-4-5-6-7-8-9-10-11-12-13-14-15-16-17-18-19-20-21-29(34)35-25-26(2)24-27(31)30-23-22-28(32)33/h4-5,7-8,10-11,13-14,16-17,19-20,26H,3,6,9,12,15,18,21-25H2,1-2H3,(H,30,31)(H,32,33)/b5-4-,8-7-,11-10-,14-13-,17-16-,20-19-. The number of aliphatic carboxylic acids is 1. The highest BCUT2D eigenvalue weighted by molar-refractivity contribution is 5.77. The number of carbonyl (C=O) groups is 3. The molecule has 0 aromatic heterocycles. The number of rotatable bonds is 20. The van der Waals surface area contributed by atoms with E-state index in [0.29, 0.717) is 0 Å². The van der Waals surface area contributed by atoms with Crippen LogP contribution in [0, 0.1) is 5.92 Å². The maximum absolute atomic E-state index is 11.8. The fraction of sp³-hybridized carbons (Fsp3) is 0.483. The molecule has 6 nitrogen and oxygen atoms in total. The fourth-order valence-corrected chi connectivity index (χ4v) is 2.75. The van der Waals surface area contributed by atoms with Crippen molar-refractivity contribution in [3.8, 4) is 0 Å². The van der Waals surface area contributed by atoms with Crippen LogP contribution < -0.4 is 5.32 Å². The van der Waals surface area contributed by atoms with Crippen LogP contribution in [0.3, 0.4) is 0 Å². The maximum Gasteiger partial charge on any atom is 0.309 e. The molecule has 6 heteroatoms. The van der Waals surface area contributed by atoms with Crippen molar-refractivity contribution in [2.45, 2.75) is 71.6 Å². The highest BCUT2D eigenvalue weighted by Gasteiger charge is 2.11. The molecule has 0 rings (SSSR count). The molecule has 2 N–H and O–H groups in total. The average Bonchev–Trinajstić information content (AvgIpc) is 2.81. The zero-order valence-electron chi connectivity index (χ0n) is 21.4. The average molecular weight is 486 g/mol. The molecule has 1 amide bonds. The number of nitrogens with one attached hydrogen (secondary N) is 1. The minimum absolute atomic E-state index is 0.101. The predicted octanol–water partition coefficient (Wildman–Crippen LogP) is 6.23. The third-order valence-electron chi connectivity index (χ3n) is 4.60. The van der Waals surface area contributed by atoms with Crippen molar-refractivity contribution < 1.29 is 24.2 Å². The summed E-state index contributed by atoms with van der Waals surface area (Å²) in [6.07, 6.45) is 31.2. The summed E-state index contributed by atoms with van der Waals surface area (Å²) in [4.78, 5) is 33.9. The number of allylic oxidation sites excluding steroid dienone is 11. The molecular weight excluding hydrogens is 442 g/mol. The van der Waals surface area contributed by atoms with Gasteiger partial charge >= 0.3 is 11.9 Å². The van der Waals surface area contributed by atoms with E-state index in [9.17, 15) is 14.4 Å². The van der Waals surface area contributed by atoms with Gasteiger partial charge < -0.3 is 15.2 Å². The van der Waals surface area contributed by atoms with Gasteiger partial charge in [0.15, 0.2) is 0 Å². The van der Waals surface area contributed by atoms with Crippen molar-refractivity contribution in [1.82, 2.24) is 5.32 Å². The predicted molar refractivity (Wildman–Crippen MR) is 143 cm³/mol. The molecule has 0 bridgehead atoms. The highest BCUT2D eigenvalue weighted by Crippen LogP contribution is 2.04. The van der Waals surface area contributed by atoms with Gasteiger partial charge in [0.25, 0.3) is 0 Å². The molecule has 35 heavy (non-hydrogen) atoms. The van der Waals surface area contributed by atoms with Gasteiger partial charge in [-0.3, -0.25) is 14.4 Å². The lowest BCUT2D eigenvalue weighted by Crippen LogP contribution is -2.28. The van der Waals surface area contributed by atoms with Gasteiger partial charge in [-0.2, -0.15) is 0 Å². The van der Waals surface area contributed by atoms with Crippen LogP contribution in [0.5, 0.6) is 0 Å². The Hall–Kier alpha value is -3.15. The third-order valence-corrected chi connectivity index (χ3v) is 4.60. The minimum Gasteiger partial charge on any atom is -0.481 e. The number of carbonyl (C=O) groups excluding carboxylic acids is 2. The van der Waals surface area contributed by atoms with E-state index in [2.05, 4.69) is 73.0 Å². The van der Waals surface area contributed by atoms with Crippen LogP contribution in [-0.4, -0.2) is 36.1 Å². The van der Waals surface area contributed by atoms with E-state index in [1.54, 1.807) is 13.0 Å². The number of hydrogen-bond donors (Lipinski definition) is 2. The maximum atomic E-state index is 11.8. The Bertz CT molecular complexity index is 759. The molecule has 0 aliphatic heterocycles. The Kier molecular flexibility index (Phi) is 21.8. The highest BCUT2D eigenvalue weighted by atomic mass is 16.5. The number of hydrogen-bond acceptors (Lipinski definition) is 4. The first-order valence-electron chi connectivity index (χ1n) is 12.5. The van der Waals surface area contributed by atoms with E-state index < -0.39 is 5.97 Å². The van der Waals surface area contributed by atoms with Crippen molar-refractivity contribution >= 4 is 17.8 Å². The first-order chi connectivity index (χ1) is 17.0. The van der Waals surface area contributed by atoms with Gasteiger partial charge in [0.1, 0.15) is 0 Å². The quantitative estimate of drug-likeness (QED) is 0.157. The summed E-state index contributed by atoms with van der Waals surface area (Å²) in [5.41, 5.74) is 0. The number of ether oxygens (including phenoxy) is 1. The van der Waals surface area contributed by atoms with E-state index in [1.165, 1.54) is 0 Å². The Morgan fingerprint density at radius 1 is 0.771 bits per heavy atom. The molecule has 0 fully saturated rings. The molecule has 0 saturated carbocycles. The molecule has 0 spiro atoms. The lowest BCUT2D eigenvalue weighted by molar-refractivity contribution is -0.144. The zero-order chi connectivity index (χ0) is 26.0. The van der Waals surface area contributed by atoms with Gasteiger partial charge in [-0.05, 0) is 44.4 Å². The number of amides is 1. The van der Waals surface area contributed by atoms with E-state index in [0.717, 1.165) is 38.5 Å². The molecule has 0 radical (unpaired) electrons. The molecule has 0 aliphatic carbocycles. The van der Waals surface area contributed by atoms with Crippen molar-refractivity contribution in [2.75, 3.05) is 13.2 Å². The third kappa shape index (κ3) is 25.3. The molecular formula is C29H43NO5. The molecule has 194 valence electrons. The molecule has 0 aromatic rings. The van der Waals surface area contributed by atoms with Gasteiger partial charge in [-0.25, -0.2) is 0 Å². The van der Waals surface area contributed by atoms with Crippen molar-refractivity contribution in [3.05, 3.63) is 72.9 Å². The number of carboxylic acids is 1. The molecule has 1 unspecified atom stereocenters. The normalized spacial score (nSPS) is 13.2. The Balaban J connectivity index is 3.75. The summed E-state index contributed by atoms with van der Waals surface area (Å²) >= 11 is 0. The first kappa shape index (κ1) is 31.9. The second-order valence-electron chi connectivity index (χ2n) is 8.11. The van der Waals surface area contributed by atoms with Crippen LogP contribution >= 0.6 is 0 Å². The van der Waals surface area contributed by atoms with Gasteiger partial charge in [-0.15, -0.1) is 0 Å². The summed E-state index contributed by atoms with van der Waals surface area (Å²) in [6.45, 7) is 4.21. The van der Waals surface area contributed by atoms with Crippen molar-refractivity contribution in [1.29, 1.82) is 0 Å². The molecule has 0 aromatic carbocycles. The van der Waals surface area contributed by atoms with Crippen molar-refractivity contribution in [2.24, 2.45) is 5.92 Å². The lowest BCUT2D eigenvalue weighted by atomic mass is 10.1. The summed E-state index contributed by atoms with van der Waals surface area (Å²) in [6, 6.07) is 0. The van der Waals surface area contributed by atoms with Gasteiger partial charge in [-0.1, -0.05) is 86.8 Å². The minimum atomic E-state index is -0.957. The van der Waals surface area contributed by atoms with Crippen LogP contribution in [0.1, 0.15) is 71.6 Å². The van der Waals surface area contributed by atoms with Crippen LogP contribution in [0.4, 0.5) is 0 Å². The van der Waals surface area contributed by atoms with Crippen molar-refractivity contribution in [3.63, 3.8) is 0 Å². The molecule has 0 saturated heterocycles. The Labute approximate surface area is 211 Å². The van der Waals surface area contributed by atoms with Gasteiger partial charge in [0.05, 0.1) is 19.4 Å². The Morgan fingerprint density at radius 3 is 1.69 bits per heavy atom. The second kappa shape index (κ2) is 24.0. The van der Waals surface area contributed by atoms with Crippen LogP contribution in [-0.2, 0) is 19.1 Å². The van der Waals surface area contributed by atoms with Crippen LogP contribution in [0.2, 0.25) is 0 Å². The largest absolute Gasteiger partial charge is 0.481 e. The molecule has 0 aliphatic rings. The van der Waals surface area contributed by atoms with Crippen LogP contribution in [0.25, 0.3) is 0 Å². The lowest BCUT2D eigenvalue weighted by Gasteiger charge is -2.11. The Morgan fingerprint density at radius 2 is 1.23 bits per heavy atom. The van der Waals surface area contributed by atoms with E-state index in [-0.39, 0.29) is 50.2 Å². The first-order valence-corrected chi connectivity index (χ1v) is 12.5. The summed E-state index contributed by atoms with van der Waals surface area (Å²) in [5.74, 6) is -1.66. The van der Waals surface area contributed by atoms with Gasteiger partial charge in [0.2, 0.25) is 5.91 Å². The smallest absolute Gasteiger partial charge is 0.309 e. The number of carboxylic acid groups (broad SMARTS) is 1. The number of esters is 1. The van der Waals surface area contributed by atoms with E-state index in [1.807, 2.05) is 6.08 Å². The summed E-state index contributed by atoms with van der Waals surface area (Å²) < 4.78 is 5.18. The molecule has 1 atom stereocenters. The van der Waals surface area contributed by atoms with E-state index >= 15 is 0 Å². The monoisotopic (exact) mass is 485 g/mol. The fourth-order valence-electron chi connectivity index (χ4n) is 2.75. The summed E-state index contributed by atoms with van der Waals surface area (Å²) in [7, 11) is 0. The molecule has 0 heterocycles. The van der Waals surface area contributed by atoms with E-state index in [4.69, 9.17) is 9.84 Å². The summed E-state index contributed by atoms with van der Waals surface area (Å²) in [5, 5.41) is 11.1. The second-order valence-corrected chi connectivity index (χ2v) is 8.11. The van der Waals surface area contributed by atoms with Gasteiger partial charge in [0, 0.05) is 13.0 Å². The van der Waals surface area contributed by atoms with Crippen LogP contribution in [0.15, 0.2) is 72.9 Å². The zero-order valence-corrected chi connectivity index (χ0v) is 21.4. The topological polar surface area (TPSA) is 92.7 Å². The SMILES string of the molecule is CC/C=C\C/C=C\C/C=C\C/C=C\C/C=C\C/C=C\CC(=O)OCC(C)CC(=O)NCCC(=O)O.